The summed E-state index contributed by atoms with van der Waals surface area (Å²) >= 11 is 3.04. The summed E-state index contributed by atoms with van der Waals surface area (Å²) in [4.78, 5) is 0. The molecule has 20 heavy (non-hydrogen) atoms. The first-order valence-corrected chi connectivity index (χ1v) is 6.77. The van der Waals surface area contributed by atoms with Crippen molar-refractivity contribution in [3.8, 4) is 0 Å². The molecule has 0 heterocycles. The molecule has 3 N–H and O–H groups in total. The normalized spacial score (nSPS) is 16.2. The fraction of sp³-hybridized carbons (Fsp3) is 0.538. The van der Waals surface area contributed by atoms with Crippen molar-refractivity contribution < 1.29 is 18.3 Å². The Bertz CT molecular complexity index is 442. The van der Waals surface area contributed by atoms with Crippen LogP contribution in [-0.4, -0.2) is 11.2 Å². The molecule has 7 heteroatoms. The topological polar surface area (TPSA) is 46.2 Å². The summed E-state index contributed by atoms with van der Waals surface area (Å²) in [5, 5.41) is 10.0. The van der Waals surface area contributed by atoms with E-state index in [1.807, 2.05) is 13.8 Å². The molecule has 0 radical (unpaired) electrons. The lowest BCUT2D eigenvalue weighted by molar-refractivity contribution is -0.137. The van der Waals surface area contributed by atoms with Crippen LogP contribution in [0.5, 0.6) is 0 Å². The highest BCUT2D eigenvalue weighted by atomic mass is 79.9. The summed E-state index contributed by atoms with van der Waals surface area (Å²) in [6.45, 7) is 3.70. The molecular formula is C13H18BrClF3NO. The molecule has 1 unspecified atom stereocenters. The van der Waals surface area contributed by atoms with Crippen LogP contribution in [0.4, 0.5) is 13.2 Å². The molecule has 0 aliphatic carbocycles. The molecule has 0 aliphatic heterocycles. The Morgan fingerprint density at radius 1 is 1.30 bits per heavy atom. The molecule has 2 nitrogen and oxygen atoms in total. The Balaban J connectivity index is 0.00000361. The van der Waals surface area contributed by atoms with Crippen LogP contribution in [0.25, 0.3) is 0 Å². The molecule has 0 saturated heterocycles. The van der Waals surface area contributed by atoms with Crippen molar-refractivity contribution in [3.05, 3.63) is 33.8 Å². The van der Waals surface area contributed by atoms with Crippen molar-refractivity contribution in [1.82, 2.24) is 0 Å². The van der Waals surface area contributed by atoms with Crippen molar-refractivity contribution in [2.75, 3.05) is 0 Å². The van der Waals surface area contributed by atoms with E-state index in [2.05, 4.69) is 15.9 Å². The zero-order chi connectivity index (χ0) is 14.8. The smallest absolute Gasteiger partial charge is 0.391 e. The summed E-state index contributed by atoms with van der Waals surface area (Å²) in [5.41, 5.74) is 5.36. The Morgan fingerprint density at radius 3 is 2.30 bits per heavy atom. The van der Waals surface area contributed by atoms with Crippen LogP contribution >= 0.6 is 28.3 Å². The number of nitrogens with two attached hydrogens (primary N) is 1. The lowest BCUT2D eigenvalue weighted by atomic mass is 9.91. The molecule has 1 aromatic carbocycles. The minimum absolute atomic E-state index is 0. The van der Waals surface area contributed by atoms with Gasteiger partial charge in [-0.25, -0.2) is 0 Å². The zero-order valence-corrected chi connectivity index (χ0v) is 13.5. The van der Waals surface area contributed by atoms with E-state index in [1.54, 1.807) is 0 Å². The first kappa shape index (κ1) is 19.7. The van der Waals surface area contributed by atoms with Gasteiger partial charge in [-0.3, -0.25) is 0 Å². The first-order valence-electron chi connectivity index (χ1n) is 5.98. The number of hydrogen-bond donors (Lipinski definition) is 2. The second kappa shape index (κ2) is 7.64. The number of rotatable bonds is 4. The second-order valence-corrected chi connectivity index (χ2v) is 5.59. The molecule has 0 spiro atoms. The van der Waals surface area contributed by atoms with Crippen LogP contribution in [0.3, 0.4) is 0 Å². The molecule has 0 saturated carbocycles. The molecule has 1 aromatic rings. The predicted octanol–water partition coefficient (Wildman–Crippen LogP) is 4.30. The quantitative estimate of drug-likeness (QED) is 0.823. The molecule has 1 rings (SSSR count). The van der Waals surface area contributed by atoms with E-state index in [1.165, 1.54) is 6.07 Å². The lowest BCUT2D eigenvalue weighted by Gasteiger charge is -2.25. The van der Waals surface area contributed by atoms with E-state index >= 15 is 0 Å². The van der Waals surface area contributed by atoms with Crippen LogP contribution < -0.4 is 5.73 Å². The van der Waals surface area contributed by atoms with Gasteiger partial charge >= 0.3 is 6.18 Å². The van der Waals surface area contributed by atoms with Crippen LogP contribution in [0, 0.1) is 5.92 Å². The van der Waals surface area contributed by atoms with Crippen molar-refractivity contribution in [3.63, 3.8) is 0 Å². The van der Waals surface area contributed by atoms with Crippen LogP contribution in [0.1, 0.15) is 37.4 Å². The van der Waals surface area contributed by atoms with E-state index < -0.39 is 23.9 Å². The van der Waals surface area contributed by atoms with E-state index in [9.17, 15) is 18.3 Å². The van der Waals surface area contributed by atoms with Gasteiger partial charge in [-0.2, -0.15) is 13.2 Å². The fourth-order valence-corrected chi connectivity index (χ4v) is 2.27. The third-order valence-electron chi connectivity index (χ3n) is 3.23. The Morgan fingerprint density at radius 2 is 1.85 bits per heavy atom. The average molecular weight is 377 g/mol. The molecule has 116 valence electrons. The Labute approximate surface area is 131 Å². The van der Waals surface area contributed by atoms with Gasteiger partial charge < -0.3 is 10.8 Å². The minimum Gasteiger partial charge on any atom is -0.391 e. The van der Waals surface area contributed by atoms with Gasteiger partial charge in [0.25, 0.3) is 0 Å². The lowest BCUT2D eigenvalue weighted by Crippen LogP contribution is -2.31. The van der Waals surface area contributed by atoms with Gasteiger partial charge in [0.15, 0.2) is 0 Å². The number of aliphatic hydroxyl groups excluding tert-OH is 1. The van der Waals surface area contributed by atoms with E-state index in [0.29, 0.717) is 10.9 Å². The molecule has 3 atom stereocenters. The standard InChI is InChI=1S/C13H17BrF3NO.ClH/c1-3-7(2)12(19)11(18)8-4-9(13(15,16)17)6-10(14)5-8;/h4-7,11-12,19H,3,18H2,1-2H3;1H/t7?,11-,12+;/m0./s1. The average Bonchev–Trinajstić information content (AvgIpc) is 2.34. The maximum Gasteiger partial charge on any atom is 0.416 e. The van der Waals surface area contributed by atoms with Crippen LogP contribution in [0.2, 0.25) is 0 Å². The first-order chi connectivity index (χ1) is 8.66. The molecular weight excluding hydrogens is 358 g/mol. The van der Waals surface area contributed by atoms with E-state index in [-0.39, 0.29) is 23.9 Å². The number of benzene rings is 1. The largest absolute Gasteiger partial charge is 0.416 e. The third-order valence-corrected chi connectivity index (χ3v) is 3.69. The van der Waals surface area contributed by atoms with Crippen LogP contribution in [-0.2, 0) is 6.18 Å². The van der Waals surface area contributed by atoms with Crippen molar-refractivity contribution in [1.29, 1.82) is 0 Å². The molecule has 0 amide bonds. The predicted molar refractivity (Wildman–Crippen MR) is 78.8 cm³/mol. The summed E-state index contributed by atoms with van der Waals surface area (Å²) in [6.07, 6.45) is -4.60. The highest BCUT2D eigenvalue weighted by molar-refractivity contribution is 9.10. The molecule has 0 aromatic heterocycles. The van der Waals surface area contributed by atoms with Gasteiger partial charge in [0, 0.05) is 4.47 Å². The molecule has 0 bridgehead atoms. The monoisotopic (exact) mass is 375 g/mol. The number of hydrogen-bond acceptors (Lipinski definition) is 2. The van der Waals surface area contributed by atoms with Gasteiger partial charge in [0.2, 0.25) is 0 Å². The van der Waals surface area contributed by atoms with Crippen molar-refractivity contribution in [2.45, 2.75) is 38.6 Å². The van der Waals surface area contributed by atoms with Gasteiger partial charge in [-0.1, -0.05) is 36.2 Å². The maximum atomic E-state index is 12.7. The van der Waals surface area contributed by atoms with Gasteiger partial charge in [0.1, 0.15) is 0 Å². The van der Waals surface area contributed by atoms with Crippen LogP contribution in [0.15, 0.2) is 22.7 Å². The van der Waals surface area contributed by atoms with Gasteiger partial charge in [-0.05, 0) is 29.7 Å². The highest BCUT2D eigenvalue weighted by Crippen LogP contribution is 2.34. The Hall–Kier alpha value is -0.300. The minimum atomic E-state index is -4.43. The molecule has 0 aliphatic rings. The second-order valence-electron chi connectivity index (χ2n) is 4.67. The molecule has 0 fully saturated rings. The Kier molecular flexibility index (Phi) is 7.52. The fourth-order valence-electron chi connectivity index (χ4n) is 1.76. The zero-order valence-electron chi connectivity index (χ0n) is 11.1. The van der Waals surface area contributed by atoms with Gasteiger partial charge in [-0.15, -0.1) is 12.4 Å². The summed E-state index contributed by atoms with van der Waals surface area (Å²) in [5.74, 6) is -0.0803. The number of aliphatic hydroxyl groups is 1. The number of halogens is 5. The number of alkyl halides is 3. The summed E-state index contributed by atoms with van der Waals surface area (Å²) in [7, 11) is 0. The van der Waals surface area contributed by atoms with Crippen molar-refractivity contribution in [2.24, 2.45) is 11.7 Å². The summed E-state index contributed by atoms with van der Waals surface area (Å²) < 4.78 is 38.4. The third kappa shape index (κ3) is 4.91. The van der Waals surface area contributed by atoms with E-state index in [0.717, 1.165) is 12.1 Å². The van der Waals surface area contributed by atoms with E-state index in [4.69, 9.17) is 5.73 Å². The highest BCUT2D eigenvalue weighted by Gasteiger charge is 2.32. The van der Waals surface area contributed by atoms with Gasteiger partial charge in [0.05, 0.1) is 17.7 Å². The summed E-state index contributed by atoms with van der Waals surface area (Å²) in [6, 6.07) is 2.65. The SMILES string of the molecule is CCC(C)[C@@H](O)[C@@H](N)c1cc(Br)cc(C(F)(F)F)c1.Cl. The van der Waals surface area contributed by atoms with Crippen molar-refractivity contribution >= 4 is 28.3 Å². The maximum absolute atomic E-state index is 12.7.